The minimum Gasteiger partial charge on any atom is -0.366 e. The minimum absolute atomic E-state index is 0. The Labute approximate surface area is 165 Å². The van der Waals surface area contributed by atoms with Crippen LogP contribution in [-0.4, -0.2) is 55.0 Å². The van der Waals surface area contributed by atoms with Crippen LogP contribution in [0.5, 0.6) is 0 Å². The van der Waals surface area contributed by atoms with Crippen molar-refractivity contribution in [3.05, 3.63) is 33.9 Å². The zero-order chi connectivity index (χ0) is 18.1. The molecule has 8 heteroatoms. The number of amides is 1. The number of anilines is 1. The molecule has 1 amide bonds. The van der Waals surface area contributed by atoms with Crippen LogP contribution in [0.4, 0.5) is 11.4 Å². The van der Waals surface area contributed by atoms with E-state index in [1.54, 1.807) is 12.1 Å². The molecule has 3 heterocycles. The number of hydrogen-bond acceptors (Lipinski definition) is 5. The number of nitrogens with one attached hydrogen (secondary N) is 1. The van der Waals surface area contributed by atoms with Crippen LogP contribution >= 0.6 is 12.4 Å². The van der Waals surface area contributed by atoms with Crippen LogP contribution in [-0.2, 0) is 0 Å². The van der Waals surface area contributed by atoms with E-state index in [0.717, 1.165) is 65.0 Å². The SMILES string of the molecule is Cl.O=C(c1ccc(N2CCCC2)c([N+](=O)[O-])c1)N1CCC2(CCNC2)CC1. The summed E-state index contributed by atoms with van der Waals surface area (Å²) in [6.07, 6.45) is 5.33. The second kappa shape index (κ2) is 8.02. The van der Waals surface area contributed by atoms with E-state index < -0.39 is 0 Å². The summed E-state index contributed by atoms with van der Waals surface area (Å²) >= 11 is 0. The number of hydrogen-bond donors (Lipinski definition) is 1. The number of carbonyl (C=O) groups excluding carboxylic acids is 1. The average Bonchev–Trinajstić information content (AvgIpc) is 3.34. The van der Waals surface area contributed by atoms with Crippen LogP contribution in [0.3, 0.4) is 0 Å². The molecule has 1 N–H and O–H groups in total. The number of nitro groups is 1. The van der Waals surface area contributed by atoms with Gasteiger partial charge in [0.05, 0.1) is 4.92 Å². The van der Waals surface area contributed by atoms with Gasteiger partial charge in [-0.05, 0) is 56.2 Å². The maximum atomic E-state index is 12.9. The Bertz CT molecular complexity index is 705. The third kappa shape index (κ3) is 3.89. The second-order valence-electron chi connectivity index (χ2n) is 7.87. The molecule has 0 aliphatic carbocycles. The first-order chi connectivity index (χ1) is 12.6. The van der Waals surface area contributed by atoms with Crippen LogP contribution in [0.1, 0.15) is 42.5 Å². The Morgan fingerprint density at radius 2 is 1.81 bits per heavy atom. The molecule has 1 spiro atoms. The van der Waals surface area contributed by atoms with Crippen molar-refractivity contribution in [1.82, 2.24) is 10.2 Å². The summed E-state index contributed by atoms with van der Waals surface area (Å²) in [5.41, 5.74) is 1.47. The van der Waals surface area contributed by atoms with Gasteiger partial charge in [0.25, 0.3) is 11.6 Å². The van der Waals surface area contributed by atoms with Gasteiger partial charge in [-0.3, -0.25) is 14.9 Å². The van der Waals surface area contributed by atoms with Crippen molar-refractivity contribution in [2.75, 3.05) is 44.2 Å². The summed E-state index contributed by atoms with van der Waals surface area (Å²) in [5.74, 6) is -0.0816. The molecular formula is C19H27ClN4O3. The van der Waals surface area contributed by atoms with Crippen LogP contribution in [0.2, 0.25) is 0 Å². The van der Waals surface area contributed by atoms with E-state index in [4.69, 9.17) is 0 Å². The summed E-state index contributed by atoms with van der Waals surface area (Å²) in [6, 6.07) is 4.98. The average molecular weight is 395 g/mol. The third-order valence-corrected chi connectivity index (χ3v) is 6.31. The molecule has 0 bridgehead atoms. The Hall–Kier alpha value is -1.86. The van der Waals surface area contributed by atoms with Crippen LogP contribution in [0.25, 0.3) is 0 Å². The molecule has 3 aliphatic rings. The molecule has 148 valence electrons. The molecule has 27 heavy (non-hydrogen) atoms. The fourth-order valence-corrected chi connectivity index (χ4v) is 4.62. The topological polar surface area (TPSA) is 78.7 Å². The van der Waals surface area contributed by atoms with E-state index in [0.29, 0.717) is 16.7 Å². The zero-order valence-corrected chi connectivity index (χ0v) is 16.3. The maximum absolute atomic E-state index is 12.9. The van der Waals surface area contributed by atoms with Gasteiger partial charge in [0.2, 0.25) is 0 Å². The first kappa shape index (κ1) is 19.9. The first-order valence-electron chi connectivity index (χ1n) is 9.61. The largest absolute Gasteiger partial charge is 0.366 e. The molecule has 7 nitrogen and oxygen atoms in total. The number of carbonyl (C=O) groups is 1. The highest BCUT2D eigenvalue weighted by atomic mass is 35.5. The second-order valence-corrected chi connectivity index (χ2v) is 7.87. The van der Waals surface area contributed by atoms with Crippen LogP contribution in [0, 0.1) is 15.5 Å². The highest BCUT2D eigenvalue weighted by Gasteiger charge is 2.38. The van der Waals surface area contributed by atoms with E-state index in [9.17, 15) is 14.9 Å². The monoisotopic (exact) mass is 394 g/mol. The van der Waals surface area contributed by atoms with Crippen molar-refractivity contribution in [3.8, 4) is 0 Å². The van der Waals surface area contributed by atoms with Gasteiger partial charge in [0.15, 0.2) is 0 Å². The van der Waals surface area contributed by atoms with Gasteiger partial charge in [-0.1, -0.05) is 0 Å². The van der Waals surface area contributed by atoms with Gasteiger partial charge >= 0.3 is 0 Å². The maximum Gasteiger partial charge on any atom is 0.293 e. The molecule has 3 saturated heterocycles. The lowest BCUT2D eigenvalue weighted by molar-refractivity contribution is -0.384. The number of benzene rings is 1. The summed E-state index contributed by atoms with van der Waals surface area (Å²) in [6.45, 7) is 5.28. The highest BCUT2D eigenvalue weighted by Crippen LogP contribution is 2.38. The predicted octanol–water partition coefficient (Wildman–Crippen LogP) is 2.83. The van der Waals surface area contributed by atoms with Gasteiger partial charge in [0, 0.05) is 44.4 Å². The number of halogens is 1. The lowest BCUT2D eigenvalue weighted by Gasteiger charge is -2.38. The number of piperidine rings is 1. The van der Waals surface area contributed by atoms with Crippen molar-refractivity contribution < 1.29 is 9.72 Å². The lowest BCUT2D eigenvalue weighted by Crippen LogP contribution is -2.44. The summed E-state index contributed by atoms with van der Waals surface area (Å²) in [7, 11) is 0. The molecular weight excluding hydrogens is 368 g/mol. The molecule has 3 fully saturated rings. The van der Waals surface area contributed by atoms with E-state index in [-0.39, 0.29) is 28.9 Å². The Morgan fingerprint density at radius 1 is 1.11 bits per heavy atom. The molecule has 0 saturated carbocycles. The lowest BCUT2D eigenvalue weighted by atomic mass is 9.78. The molecule has 3 aliphatic heterocycles. The van der Waals surface area contributed by atoms with Crippen molar-refractivity contribution in [2.24, 2.45) is 5.41 Å². The fourth-order valence-electron chi connectivity index (χ4n) is 4.62. The first-order valence-corrected chi connectivity index (χ1v) is 9.61. The van der Waals surface area contributed by atoms with Crippen molar-refractivity contribution in [3.63, 3.8) is 0 Å². The van der Waals surface area contributed by atoms with Crippen LogP contribution < -0.4 is 10.2 Å². The molecule has 1 aromatic rings. The number of nitro benzene ring substituents is 1. The van der Waals surface area contributed by atoms with Crippen molar-refractivity contribution in [1.29, 1.82) is 0 Å². The highest BCUT2D eigenvalue weighted by molar-refractivity contribution is 5.96. The van der Waals surface area contributed by atoms with Gasteiger partial charge in [-0.15, -0.1) is 12.4 Å². The van der Waals surface area contributed by atoms with E-state index in [1.165, 1.54) is 12.5 Å². The number of likely N-dealkylation sites (tertiary alicyclic amines) is 1. The van der Waals surface area contributed by atoms with Crippen molar-refractivity contribution >= 4 is 29.7 Å². The molecule has 0 aromatic heterocycles. The standard InChI is InChI=1S/C19H26N4O3.ClH/c24-18(22-11-6-19(7-12-22)5-8-20-14-19)15-3-4-16(17(13-15)23(25)26)21-9-1-2-10-21;/h3-4,13,20H,1-2,5-12,14H2;1H. The summed E-state index contributed by atoms with van der Waals surface area (Å²) < 4.78 is 0. The molecule has 0 radical (unpaired) electrons. The molecule has 1 aromatic carbocycles. The predicted molar refractivity (Wildman–Crippen MR) is 107 cm³/mol. The van der Waals surface area contributed by atoms with Gasteiger partial charge in [0.1, 0.15) is 5.69 Å². The van der Waals surface area contributed by atoms with E-state index >= 15 is 0 Å². The van der Waals surface area contributed by atoms with E-state index in [2.05, 4.69) is 5.32 Å². The van der Waals surface area contributed by atoms with Gasteiger partial charge < -0.3 is 15.1 Å². The van der Waals surface area contributed by atoms with Crippen molar-refractivity contribution in [2.45, 2.75) is 32.1 Å². The molecule has 0 unspecified atom stereocenters. The molecule has 0 atom stereocenters. The summed E-state index contributed by atoms with van der Waals surface area (Å²) in [5, 5.41) is 15.0. The third-order valence-electron chi connectivity index (χ3n) is 6.31. The number of rotatable bonds is 3. The Morgan fingerprint density at radius 3 is 2.41 bits per heavy atom. The summed E-state index contributed by atoms with van der Waals surface area (Å²) in [4.78, 5) is 28.0. The Balaban J connectivity index is 0.00000210. The van der Waals surface area contributed by atoms with E-state index in [1.807, 2.05) is 9.80 Å². The fraction of sp³-hybridized carbons (Fsp3) is 0.632. The minimum atomic E-state index is -0.361. The van der Waals surface area contributed by atoms with Crippen LogP contribution in [0.15, 0.2) is 18.2 Å². The van der Waals surface area contributed by atoms with Gasteiger partial charge in [-0.25, -0.2) is 0 Å². The molecule has 4 rings (SSSR count). The quantitative estimate of drug-likeness (QED) is 0.630. The smallest absolute Gasteiger partial charge is 0.293 e. The normalized spacial score (nSPS) is 21.3. The van der Waals surface area contributed by atoms with Gasteiger partial charge in [-0.2, -0.15) is 0 Å². The Kier molecular flexibility index (Phi) is 5.91. The number of nitrogens with zero attached hydrogens (tertiary/aromatic N) is 3. The zero-order valence-electron chi connectivity index (χ0n) is 15.5.